The number of halogens is 3. The van der Waals surface area contributed by atoms with E-state index in [9.17, 15) is 8.78 Å². The fourth-order valence-corrected chi connectivity index (χ4v) is 2.27. The van der Waals surface area contributed by atoms with Crippen LogP contribution in [0.2, 0.25) is 5.15 Å². The number of hydrogen-bond donors (Lipinski definition) is 2. The summed E-state index contributed by atoms with van der Waals surface area (Å²) < 4.78 is 26.1. The molecular formula is C11H13ClF2N4S. The normalized spacial score (nSPS) is 19.1. The minimum atomic E-state index is -2.55. The minimum absolute atomic E-state index is 0.0423. The summed E-state index contributed by atoms with van der Waals surface area (Å²) in [5, 5.41) is 3.28. The van der Waals surface area contributed by atoms with E-state index in [0.29, 0.717) is 18.7 Å². The summed E-state index contributed by atoms with van der Waals surface area (Å²) in [6, 6.07) is 1.47. The third-order valence-corrected chi connectivity index (χ3v) is 3.36. The molecule has 1 aliphatic carbocycles. The van der Waals surface area contributed by atoms with Crippen LogP contribution in [0.3, 0.4) is 0 Å². The maximum Gasteiger partial charge on any atom is 0.248 e. The molecule has 0 bridgehead atoms. The lowest BCUT2D eigenvalue weighted by molar-refractivity contribution is -0.0361. The zero-order chi connectivity index (χ0) is 14.0. The first-order valence-electron chi connectivity index (χ1n) is 5.84. The van der Waals surface area contributed by atoms with Gasteiger partial charge in [0.25, 0.3) is 0 Å². The van der Waals surface area contributed by atoms with E-state index in [1.807, 2.05) is 0 Å². The van der Waals surface area contributed by atoms with Crippen molar-refractivity contribution in [1.29, 1.82) is 0 Å². The summed E-state index contributed by atoms with van der Waals surface area (Å²) in [5.41, 5.74) is 5.44. The van der Waals surface area contributed by atoms with E-state index in [2.05, 4.69) is 15.3 Å². The van der Waals surface area contributed by atoms with Crippen LogP contribution < -0.4 is 11.1 Å². The Kier molecular flexibility index (Phi) is 4.15. The van der Waals surface area contributed by atoms with Crippen molar-refractivity contribution in [2.24, 2.45) is 5.73 Å². The van der Waals surface area contributed by atoms with Gasteiger partial charge in [0.05, 0.1) is 0 Å². The average Bonchev–Trinajstić information content (AvgIpc) is 2.31. The Labute approximate surface area is 119 Å². The Hall–Kier alpha value is -1.08. The van der Waals surface area contributed by atoms with Crippen molar-refractivity contribution in [3.63, 3.8) is 0 Å². The first-order chi connectivity index (χ1) is 8.85. The predicted molar refractivity (Wildman–Crippen MR) is 73.8 cm³/mol. The lowest BCUT2D eigenvalue weighted by atomic mass is 9.92. The van der Waals surface area contributed by atoms with Gasteiger partial charge in [-0.2, -0.15) is 0 Å². The van der Waals surface area contributed by atoms with Gasteiger partial charge in [0, 0.05) is 24.9 Å². The van der Waals surface area contributed by atoms with Crippen molar-refractivity contribution in [2.45, 2.75) is 37.6 Å². The van der Waals surface area contributed by atoms with Gasteiger partial charge < -0.3 is 11.1 Å². The van der Waals surface area contributed by atoms with E-state index in [1.165, 1.54) is 6.07 Å². The minimum Gasteiger partial charge on any atom is -0.387 e. The number of nitrogens with two attached hydrogens (primary N) is 1. The molecule has 1 saturated carbocycles. The Balaban J connectivity index is 2.05. The monoisotopic (exact) mass is 306 g/mol. The Morgan fingerprint density at radius 1 is 1.42 bits per heavy atom. The van der Waals surface area contributed by atoms with Gasteiger partial charge in [-0.1, -0.05) is 23.8 Å². The number of nitrogens with one attached hydrogen (secondary N) is 1. The van der Waals surface area contributed by atoms with Gasteiger partial charge in [0.1, 0.15) is 16.0 Å². The summed E-state index contributed by atoms with van der Waals surface area (Å²) in [6.45, 7) is 0. The first kappa shape index (κ1) is 14.3. The van der Waals surface area contributed by atoms with Crippen molar-refractivity contribution < 1.29 is 8.78 Å². The van der Waals surface area contributed by atoms with Crippen LogP contribution in [-0.4, -0.2) is 26.9 Å². The lowest BCUT2D eigenvalue weighted by Crippen LogP contribution is -2.32. The van der Waals surface area contributed by atoms with Crippen LogP contribution in [0.5, 0.6) is 0 Å². The fraction of sp³-hybridized carbons (Fsp3) is 0.545. The van der Waals surface area contributed by atoms with Gasteiger partial charge in [0.15, 0.2) is 5.82 Å². The van der Waals surface area contributed by atoms with Crippen LogP contribution in [0.25, 0.3) is 0 Å². The maximum absolute atomic E-state index is 13.0. The van der Waals surface area contributed by atoms with Crippen LogP contribution in [-0.2, 0) is 0 Å². The molecule has 1 fully saturated rings. The van der Waals surface area contributed by atoms with Crippen LogP contribution in [0, 0.1) is 0 Å². The molecule has 1 aromatic heterocycles. The molecule has 0 unspecified atom stereocenters. The molecule has 0 radical (unpaired) electrons. The van der Waals surface area contributed by atoms with E-state index in [-0.39, 0.29) is 34.8 Å². The standard InChI is InChI=1S/C11H13ClF2N4S/c12-7-5-8(18-10(17-7)9(15)19)16-6-1-3-11(13,14)4-2-6/h5-6H,1-4H2,(H2,15,19)(H,16,17,18). The quantitative estimate of drug-likeness (QED) is 0.664. The molecule has 0 aliphatic heterocycles. The topological polar surface area (TPSA) is 63.8 Å². The highest BCUT2D eigenvalue weighted by Gasteiger charge is 2.34. The Bertz CT molecular complexity index is 488. The van der Waals surface area contributed by atoms with Crippen LogP contribution in [0.4, 0.5) is 14.6 Å². The predicted octanol–water partition coefficient (Wildman–Crippen LogP) is 2.75. The van der Waals surface area contributed by atoms with Crippen LogP contribution in [0.15, 0.2) is 6.07 Å². The van der Waals surface area contributed by atoms with Crippen LogP contribution in [0.1, 0.15) is 31.5 Å². The summed E-state index contributed by atoms with van der Waals surface area (Å²) in [5.74, 6) is -1.92. The second kappa shape index (κ2) is 5.50. The zero-order valence-corrected chi connectivity index (χ0v) is 11.6. The molecule has 3 N–H and O–H groups in total. The molecule has 1 aliphatic rings. The average molecular weight is 307 g/mol. The largest absolute Gasteiger partial charge is 0.387 e. The van der Waals surface area contributed by atoms with E-state index >= 15 is 0 Å². The summed E-state index contributed by atoms with van der Waals surface area (Å²) in [7, 11) is 0. The second-order valence-electron chi connectivity index (χ2n) is 4.54. The second-order valence-corrected chi connectivity index (χ2v) is 5.37. The molecular weight excluding hydrogens is 294 g/mol. The molecule has 2 rings (SSSR count). The zero-order valence-electron chi connectivity index (χ0n) is 10.00. The van der Waals surface area contributed by atoms with Gasteiger partial charge in [-0.3, -0.25) is 0 Å². The van der Waals surface area contributed by atoms with E-state index in [4.69, 9.17) is 29.6 Å². The van der Waals surface area contributed by atoms with E-state index in [1.54, 1.807) is 0 Å². The summed E-state index contributed by atoms with van der Waals surface area (Å²) in [6.07, 6.45) is 0.533. The van der Waals surface area contributed by atoms with E-state index in [0.717, 1.165) is 0 Å². The summed E-state index contributed by atoms with van der Waals surface area (Å²) in [4.78, 5) is 8.02. The maximum atomic E-state index is 13.0. The molecule has 1 aromatic rings. The molecule has 104 valence electrons. The fourth-order valence-electron chi connectivity index (χ4n) is 2.00. The smallest absolute Gasteiger partial charge is 0.248 e. The molecule has 0 saturated heterocycles. The Morgan fingerprint density at radius 2 is 2.05 bits per heavy atom. The van der Waals surface area contributed by atoms with Crippen molar-refractivity contribution in [2.75, 3.05) is 5.32 Å². The number of nitrogens with zero attached hydrogens (tertiary/aromatic N) is 2. The van der Waals surface area contributed by atoms with Gasteiger partial charge in [0.2, 0.25) is 5.92 Å². The van der Waals surface area contributed by atoms with Gasteiger partial charge >= 0.3 is 0 Å². The number of hydrogen-bond acceptors (Lipinski definition) is 4. The highest BCUT2D eigenvalue weighted by atomic mass is 35.5. The summed E-state index contributed by atoms with van der Waals surface area (Å²) >= 11 is 10.6. The molecule has 0 aromatic carbocycles. The molecule has 0 amide bonds. The van der Waals surface area contributed by atoms with Crippen molar-refractivity contribution in [1.82, 2.24) is 9.97 Å². The van der Waals surface area contributed by atoms with Crippen LogP contribution >= 0.6 is 23.8 Å². The SMILES string of the molecule is NC(=S)c1nc(Cl)cc(NC2CCC(F)(F)CC2)n1. The molecule has 0 spiro atoms. The number of thiocarbonyl (C=S) groups is 1. The van der Waals surface area contributed by atoms with Gasteiger partial charge in [-0.15, -0.1) is 0 Å². The molecule has 8 heteroatoms. The highest BCUT2D eigenvalue weighted by molar-refractivity contribution is 7.80. The number of anilines is 1. The number of rotatable bonds is 3. The lowest BCUT2D eigenvalue weighted by Gasteiger charge is -2.29. The van der Waals surface area contributed by atoms with Crippen molar-refractivity contribution >= 4 is 34.6 Å². The van der Waals surface area contributed by atoms with Crippen molar-refractivity contribution in [3.8, 4) is 0 Å². The van der Waals surface area contributed by atoms with E-state index < -0.39 is 5.92 Å². The molecule has 19 heavy (non-hydrogen) atoms. The number of alkyl halides is 2. The number of aromatic nitrogens is 2. The molecule has 0 atom stereocenters. The third-order valence-electron chi connectivity index (χ3n) is 2.98. The third kappa shape index (κ3) is 3.94. The molecule has 4 nitrogen and oxygen atoms in total. The van der Waals surface area contributed by atoms with Gasteiger partial charge in [-0.05, 0) is 12.8 Å². The first-order valence-corrected chi connectivity index (χ1v) is 6.63. The Morgan fingerprint density at radius 3 is 2.63 bits per heavy atom. The molecule has 1 heterocycles. The van der Waals surface area contributed by atoms with Crippen molar-refractivity contribution in [3.05, 3.63) is 17.0 Å². The van der Waals surface area contributed by atoms with Gasteiger partial charge in [-0.25, -0.2) is 18.7 Å². The highest BCUT2D eigenvalue weighted by Crippen LogP contribution is 2.34.